The topological polar surface area (TPSA) is 35.5 Å². The Morgan fingerprint density at radius 3 is 2.71 bits per heavy atom. The fraction of sp³-hybridized carbons (Fsp3) is 0.154. The van der Waals surface area contributed by atoms with Crippen LogP contribution < -0.4 is 4.74 Å². The molecule has 4 heteroatoms. The van der Waals surface area contributed by atoms with Crippen LogP contribution in [0.3, 0.4) is 0 Å². The molecule has 0 N–H and O–H groups in total. The lowest BCUT2D eigenvalue weighted by Gasteiger charge is -2.05. The van der Waals surface area contributed by atoms with Crippen molar-refractivity contribution in [2.75, 3.05) is 6.61 Å². The fourth-order valence-electron chi connectivity index (χ4n) is 1.34. The molecule has 88 valence electrons. The van der Waals surface area contributed by atoms with Crippen LogP contribution in [0.5, 0.6) is 11.5 Å². The van der Waals surface area contributed by atoms with Crippen LogP contribution in [0.25, 0.3) is 0 Å². The van der Waals surface area contributed by atoms with Gasteiger partial charge in [0.25, 0.3) is 0 Å². The Balaban J connectivity index is 2.17. The number of hydrogen-bond donors (Lipinski definition) is 0. The van der Waals surface area contributed by atoms with Crippen molar-refractivity contribution in [1.82, 2.24) is 0 Å². The monoisotopic (exact) mass is 248 g/mol. The number of carbonyl (C=O) groups excluding carboxylic acids is 1. The minimum absolute atomic E-state index is 0.339. The maximum Gasteiger partial charge on any atom is 0.352 e. The molecule has 1 aromatic heterocycles. The van der Waals surface area contributed by atoms with E-state index in [0.717, 1.165) is 0 Å². The molecule has 1 aromatic carbocycles. The van der Waals surface area contributed by atoms with Gasteiger partial charge >= 0.3 is 5.97 Å². The van der Waals surface area contributed by atoms with Crippen LogP contribution in [-0.2, 0) is 4.74 Å². The standard InChI is InChI=1S/C13H12O3S/c1-2-15-13(14)12-11(8-9-17-12)16-10-6-4-3-5-7-10/h3-9H,2H2,1H3. The molecule has 0 aliphatic carbocycles. The molecule has 0 spiro atoms. The first kappa shape index (κ1) is 11.7. The third-order valence-electron chi connectivity index (χ3n) is 2.06. The van der Waals surface area contributed by atoms with Crippen LogP contribution in [0.1, 0.15) is 16.6 Å². The molecule has 1 heterocycles. The Labute approximate surface area is 104 Å². The highest BCUT2D eigenvalue weighted by Crippen LogP contribution is 2.30. The van der Waals surface area contributed by atoms with Gasteiger partial charge in [-0.05, 0) is 30.5 Å². The predicted octanol–water partition coefficient (Wildman–Crippen LogP) is 3.72. The van der Waals surface area contributed by atoms with Crippen molar-refractivity contribution in [3.8, 4) is 11.5 Å². The van der Waals surface area contributed by atoms with Gasteiger partial charge in [-0.25, -0.2) is 4.79 Å². The lowest BCUT2D eigenvalue weighted by atomic mass is 10.3. The van der Waals surface area contributed by atoms with Crippen LogP contribution in [0.15, 0.2) is 41.8 Å². The number of hydrogen-bond acceptors (Lipinski definition) is 4. The van der Waals surface area contributed by atoms with Crippen molar-refractivity contribution in [3.05, 3.63) is 46.7 Å². The van der Waals surface area contributed by atoms with Gasteiger partial charge in [0.1, 0.15) is 5.75 Å². The summed E-state index contributed by atoms with van der Waals surface area (Å²) in [7, 11) is 0. The zero-order valence-corrected chi connectivity index (χ0v) is 10.2. The van der Waals surface area contributed by atoms with E-state index in [1.807, 2.05) is 35.7 Å². The van der Waals surface area contributed by atoms with Gasteiger partial charge in [-0.15, -0.1) is 11.3 Å². The molecule has 0 aliphatic rings. The molecule has 0 unspecified atom stereocenters. The van der Waals surface area contributed by atoms with Crippen LogP contribution in [0.2, 0.25) is 0 Å². The number of carbonyl (C=O) groups is 1. The quantitative estimate of drug-likeness (QED) is 0.774. The molecule has 0 saturated carbocycles. The summed E-state index contributed by atoms with van der Waals surface area (Å²) in [5, 5.41) is 1.81. The lowest BCUT2D eigenvalue weighted by Crippen LogP contribution is -2.03. The molecular formula is C13H12O3S. The van der Waals surface area contributed by atoms with Gasteiger partial charge in [-0.3, -0.25) is 0 Å². The smallest absolute Gasteiger partial charge is 0.352 e. The molecule has 0 radical (unpaired) electrons. The van der Waals surface area contributed by atoms with Gasteiger partial charge < -0.3 is 9.47 Å². The molecule has 3 nitrogen and oxygen atoms in total. The average molecular weight is 248 g/mol. The minimum atomic E-state index is -0.339. The van der Waals surface area contributed by atoms with E-state index in [1.54, 1.807) is 13.0 Å². The molecule has 0 bridgehead atoms. The highest BCUT2D eigenvalue weighted by molar-refractivity contribution is 7.12. The predicted molar refractivity (Wildman–Crippen MR) is 66.8 cm³/mol. The number of benzene rings is 1. The SMILES string of the molecule is CCOC(=O)c1sccc1Oc1ccccc1. The molecule has 0 saturated heterocycles. The number of para-hydroxylation sites is 1. The van der Waals surface area contributed by atoms with E-state index in [4.69, 9.17) is 9.47 Å². The summed E-state index contributed by atoms with van der Waals surface area (Å²) in [5.74, 6) is 0.907. The molecule has 0 atom stereocenters. The van der Waals surface area contributed by atoms with Crippen molar-refractivity contribution in [2.24, 2.45) is 0 Å². The van der Waals surface area contributed by atoms with Crippen molar-refractivity contribution >= 4 is 17.3 Å². The van der Waals surface area contributed by atoms with Gasteiger partial charge in [-0.1, -0.05) is 18.2 Å². The summed E-state index contributed by atoms with van der Waals surface area (Å²) in [6.45, 7) is 2.14. The number of ether oxygens (including phenoxy) is 2. The van der Waals surface area contributed by atoms with E-state index in [9.17, 15) is 4.79 Å². The van der Waals surface area contributed by atoms with Crippen LogP contribution in [0.4, 0.5) is 0 Å². The Morgan fingerprint density at radius 1 is 1.24 bits per heavy atom. The first-order valence-corrected chi connectivity index (χ1v) is 6.16. The van der Waals surface area contributed by atoms with Crippen molar-refractivity contribution in [1.29, 1.82) is 0 Å². The maximum absolute atomic E-state index is 11.6. The molecule has 0 fully saturated rings. The second-order valence-corrected chi connectivity index (χ2v) is 4.17. The largest absolute Gasteiger partial charge is 0.462 e. The van der Waals surface area contributed by atoms with Gasteiger partial charge in [0.2, 0.25) is 0 Å². The van der Waals surface area contributed by atoms with Crippen molar-refractivity contribution in [3.63, 3.8) is 0 Å². The van der Waals surface area contributed by atoms with E-state index in [1.165, 1.54) is 11.3 Å². The third-order valence-corrected chi connectivity index (χ3v) is 2.94. The number of thiophene rings is 1. The summed E-state index contributed by atoms with van der Waals surface area (Å²) < 4.78 is 10.6. The van der Waals surface area contributed by atoms with E-state index in [0.29, 0.717) is 23.0 Å². The van der Waals surface area contributed by atoms with E-state index >= 15 is 0 Å². The summed E-state index contributed by atoms with van der Waals surface area (Å²) in [4.78, 5) is 12.1. The summed E-state index contributed by atoms with van der Waals surface area (Å²) in [6.07, 6.45) is 0. The first-order chi connectivity index (χ1) is 8.31. The fourth-order valence-corrected chi connectivity index (χ4v) is 2.05. The molecular weight excluding hydrogens is 236 g/mol. The van der Waals surface area contributed by atoms with Crippen LogP contribution >= 0.6 is 11.3 Å². The van der Waals surface area contributed by atoms with E-state index in [2.05, 4.69) is 0 Å². The van der Waals surface area contributed by atoms with E-state index < -0.39 is 0 Å². The lowest BCUT2D eigenvalue weighted by molar-refractivity contribution is 0.0529. The molecule has 0 aliphatic heterocycles. The van der Waals surface area contributed by atoms with Gasteiger partial charge in [0.15, 0.2) is 10.6 Å². The average Bonchev–Trinajstić information content (AvgIpc) is 2.79. The molecule has 17 heavy (non-hydrogen) atoms. The summed E-state index contributed by atoms with van der Waals surface area (Å²) >= 11 is 1.32. The third kappa shape index (κ3) is 2.85. The Kier molecular flexibility index (Phi) is 3.77. The second kappa shape index (κ2) is 5.50. The number of rotatable bonds is 4. The van der Waals surface area contributed by atoms with Crippen molar-refractivity contribution in [2.45, 2.75) is 6.92 Å². The first-order valence-electron chi connectivity index (χ1n) is 5.28. The molecule has 2 aromatic rings. The Morgan fingerprint density at radius 2 is 2.00 bits per heavy atom. The van der Waals surface area contributed by atoms with E-state index in [-0.39, 0.29) is 5.97 Å². The highest BCUT2D eigenvalue weighted by Gasteiger charge is 2.15. The minimum Gasteiger partial charge on any atom is -0.462 e. The Bertz CT molecular complexity index is 490. The normalized spacial score (nSPS) is 9.94. The summed E-state index contributed by atoms with van der Waals surface area (Å²) in [6, 6.07) is 11.1. The van der Waals surface area contributed by atoms with Crippen molar-refractivity contribution < 1.29 is 14.3 Å². The second-order valence-electron chi connectivity index (χ2n) is 3.25. The van der Waals surface area contributed by atoms with Crippen LogP contribution in [0, 0.1) is 0 Å². The molecule has 2 rings (SSSR count). The van der Waals surface area contributed by atoms with Gasteiger partial charge in [0.05, 0.1) is 6.61 Å². The van der Waals surface area contributed by atoms with Crippen LogP contribution in [-0.4, -0.2) is 12.6 Å². The zero-order valence-electron chi connectivity index (χ0n) is 9.38. The maximum atomic E-state index is 11.6. The van der Waals surface area contributed by atoms with Gasteiger partial charge in [0, 0.05) is 0 Å². The van der Waals surface area contributed by atoms with Gasteiger partial charge in [-0.2, -0.15) is 0 Å². The Hall–Kier alpha value is -1.81. The highest BCUT2D eigenvalue weighted by atomic mass is 32.1. The molecule has 0 amide bonds. The zero-order chi connectivity index (χ0) is 12.1. The number of esters is 1. The summed E-state index contributed by atoms with van der Waals surface area (Å²) in [5.41, 5.74) is 0.